The zero-order valence-electron chi connectivity index (χ0n) is 11.5. The number of nitrogens with two attached hydrogens (primary N) is 1. The van der Waals surface area contributed by atoms with Crippen LogP contribution in [0.1, 0.15) is 0 Å². The van der Waals surface area contributed by atoms with Crippen LogP contribution >= 0.6 is 27.7 Å². The van der Waals surface area contributed by atoms with Crippen molar-refractivity contribution in [1.82, 2.24) is 0 Å². The van der Waals surface area contributed by atoms with Gasteiger partial charge in [0.05, 0.1) is 4.90 Å². The lowest BCUT2D eigenvalue weighted by atomic mass is 10.0. The fraction of sp³-hybridized carbons (Fsp3) is 0. The van der Waals surface area contributed by atoms with Crippen LogP contribution in [-0.2, 0) is 4.79 Å². The molecule has 0 bridgehead atoms. The molecule has 0 atom stereocenters. The van der Waals surface area contributed by atoms with Gasteiger partial charge in [-0.15, -0.1) is 0 Å². The highest BCUT2D eigenvalue weighted by Crippen LogP contribution is 2.51. The third-order valence-electron chi connectivity index (χ3n) is 3.15. The van der Waals surface area contributed by atoms with Crippen LogP contribution < -0.4 is 10.5 Å². The Morgan fingerprint density at radius 3 is 2.61 bits per heavy atom. The minimum Gasteiger partial charge on any atom is -0.508 e. The number of benzene rings is 2. The predicted octanol–water partition coefficient (Wildman–Crippen LogP) is 3.53. The molecule has 1 aliphatic rings. The number of hydrogen-bond acceptors (Lipinski definition) is 5. The molecule has 1 aliphatic heterocycles. The lowest BCUT2D eigenvalue weighted by Crippen LogP contribution is -2.15. The molecule has 7 heteroatoms. The van der Waals surface area contributed by atoms with Gasteiger partial charge in [0.25, 0.3) is 5.91 Å². The number of halogens is 1. The molecular weight excluding hydrogens is 380 g/mol. The van der Waals surface area contributed by atoms with Gasteiger partial charge in [0.2, 0.25) is 0 Å². The van der Waals surface area contributed by atoms with Crippen molar-refractivity contribution in [3.8, 4) is 28.7 Å². The Labute approximate surface area is 144 Å². The smallest absolute Gasteiger partial charge is 0.263 e. The van der Waals surface area contributed by atoms with Crippen molar-refractivity contribution in [1.29, 1.82) is 5.26 Å². The van der Waals surface area contributed by atoms with Gasteiger partial charge in [0.1, 0.15) is 17.6 Å². The highest BCUT2D eigenvalue weighted by molar-refractivity contribution is 9.10. The molecular formula is C16H9BrN2O3S. The molecule has 0 aromatic heterocycles. The van der Waals surface area contributed by atoms with E-state index in [9.17, 15) is 9.90 Å². The Bertz CT molecular complexity index is 885. The van der Waals surface area contributed by atoms with Gasteiger partial charge in [-0.25, -0.2) is 0 Å². The SMILES string of the molecule is N#CC(C(N)=O)=C1Oc2c(cc(O)cc2-c2ccc(Br)cc2)S1. The molecule has 0 unspecified atom stereocenters. The second-order valence-corrected chi connectivity index (χ2v) is 6.60. The third-order valence-corrected chi connectivity index (χ3v) is 4.68. The molecule has 114 valence electrons. The first-order valence-electron chi connectivity index (χ1n) is 6.42. The van der Waals surface area contributed by atoms with Crippen molar-refractivity contribution in [3.63, 3.8) is 0 Å². The molecule has 3 rings (SSSR count). The number of nitriles is 1. The van der Waals surface area contributed by atoms with E-state index >= 15 is 0 Å². The monoisotopic (exact) mass is 388 g/mol. The number of hydrogen-bond donors (Lipinski definition) is 2. The van der Waals surface area contributed by atoms with E-state index in [0.29, 0.717) is 16.2 Å². The number of phenols is 1. The zero-order chi connectivity index (χ0) is 16.6. The number of rotatable bonds is 2. The van der Waals surface area contributed by atoms with Crippen LogP contribution in [0.2, 0.25) is 0 Å². The molecule has 0 saturated carbocycles. The van der Waals surface area contributed by atoms with E-state index in [0.717, 1.165) is 21.8 Å². The third kappa shape index (κ3) is 2.91. The summed E-state index contributed by atoms with van der Waals surface area (Å²) in [4.78, 5) is 11.9. The van der Waals surface area contributed by atoms with Gasteiger partial charge in [-0.1, -0.05) is 28.1 Å². The second kappa shape index (κ2) is 5.99. The zero-order valence-corrected chi connectivity index (χ0v) is 13.9. The van der Waals surface area contributed by atoms with Crippen LogP contribution in [0, 0.1) is 11.3 Å². The molecule has 2 aromatic carbocycles. The molecule has 1 heterocycles. The number of thioether (sulfide) groups is 1. The standard InChI is InChI=1S/C16H9BrN2O3S/c17-9-3-1-8(2-4-9)11-5-10(20)6-13-14(11)22-16(23-13)12(7-18)15(19)21/h1-6,20H,(H2,19,21). The van der Waals surface area contributed by atoms with E-state index in [1.807, 2.05) is 24.3 Å². The fourth-order valence-electron chi connectivity index (χ4n) is 2.13. The van der Waals surface area contributed by atoms with Gasteiger partial charge in [0, 0.05) is 10.0 Å². The molecule has 0 spiro atoms. The van der Waals surface area contributed by atoms with Gasteiger partial charge in [0.15, 0.2) is 10.7 Å². The number of phenolic OH excluding ortho intramolecular Hbond substituents is 1. The number of primary amides is 1. The Morgan fingerprint density at radius 1 is 1.30 bits per heavy atom. The summed E-state index contributed by atoms with van der Waals surface area (Å²) in [5.41, 5.74) is 6.44. The van der Waals surface area contributed by atoms with E-state index in [-0.39, 0.29) is 16.4 Å². The highest BCUT2D eigenvalue weighted by atomic mass is 79.9. The maximum Gasteiger partial charge on any atom is 0.263 e. The Kier molecular flexibility index (Phi) is 4.03. The number of ether oxygens (including phenoxy) is 1. The number of carbonyl (C=O) groups excluding carboxylic acids is 1. The average Bonchev–Trinajstić information content (AvgIpc) is 2.90. The van der Waals surface area contributed by atoms with Crippen molar-refractivity contribution >= 4 is 33.6 Å². The minimum atomic E-state index is -0.850. The van der Waals surface area contributed by atoms with Crippen LogP contribution in [0.3, 0.4) is 0 Å². The highest BCUT2D eigenvalue weighted by Gasteiger charge is 2.28. The molecule has 0 saturated heterocycles. The number of aromatic hydroxyl groups is 1. The summed E-state index contributed by atoms with van der Waals surface area (Å²) < 4.78 is 6.61. The Hall–Kier alpha value is -2.43. The summed E-state index contributed by atoms with van der Waals surface area (Å²) in [6.07, 6.45) is 0. The number of nitrogens with zero attached hydrogens (tertiary/aromatic N) is 1. The van der Waals surface area contributed by atoms with Crippen LogP contribution in [0.4, 0.5) is 0 Å². The lowest BCUT2D eigenvalue weighted by molar-refractivity contribution is -0.114. The van der Waals surface area contributed by atoms with Crippen LogP contribution in [-0.4, -0.2) is 11.0 Å². The van der Waals surface area contributed by atoms with Crippen LogP contribution in [0.15, 0.2) is 56.4 Å². The Morgan fingerprint density at radius 2 is 2.00 bits per heavy atom. The maximum absolute atomic E-state index is 11.3. The quantitative estimate of drug-likeness (QED) is 0.605. The summed E-state index contributed by atoms with van der Waals surface area (Å²) in [5, 5.41) is 19.1. The lowest BCUT2D eigenvalue weighted by Gasteiger charge is -2.08. The Balaban J connectivity index is 2.14. The van der Waals surface area contributed by atoms with Gasteiger partial charge in [-0.05, 0) is 41.6 Å². The molecule has 0 fully saturated rings. The van der Waals surface area contributed by atoms with E-state index < -0.39 is 5.91 Å². The van der Waals surface area contributed by atoms with Gasteiger partial charge < -0.3 is 15.6 Å². The first kappa shape index (κ1) is 15.5. The molecule has 0 aliphatic carbocycles. The molecule has 0 radical (unpaired) electrons. The molecule has 23 heavy (non-hydrogen) atoms. The summed E-state index contributed by atoms with van der Waals surface area (Å²) in [5.74, 6) is -0.298. The van der Waals surface area contributed by atoms with Crippen molar-refractivity contribution in [3.05, 3.63) is 51.5 Å². The molecule has 2 aromatic rings. The van der Waals surface area contributed by atoms with Gasteiger partial charge in [-0.2, -0.15) is 5.26 Å². The van der Waals surface area contributed by atoms with Gasteiger partial charge in [-0.3, -0.25) is 4.79 Å². The first-order valence-corrected chi connectivity index (χ1v) is 8.03. The molecule has 1 amide bonds. The fourth-order valence-corrected chi connectivity index (χ4v) is 3.39. The van der Waals surface area contributed by atoms with Crippen molar-refractivity contribution in [2.75, 3.05) is 0 Å². The summed E-state index contributed by atoms with van der Waals surface area (Å²) in [6.45, 7) is 0. The largest absolute Gasteiger partial charge is 0.508 e. The van der Waals surface area contributed by atoms with Crippen molar-refractivity contribution in [2.24, 2.45) is 5.73 Å². The number of fused-ring (bicyclic) bond motifs is 1. The summed E-state index contributed by atoms with van der Waals surface area (Å²) >= 11 is 4.46. The number of carbonyl (C=O) groups is 1. The predicted molar refractivity (Wildman–Crippen MR) is 89.6 cm³/mol. The second-order valence-electron chi connectivity index (χ2n) is 4.67. The number of amides is 1. The van der Waals surface area contributed by atoms with Crippen LogP contribution in [0.5, 0.6) is 11.5 Å². The molecule has 3 N–H and O–H groups in total. The van der Waals surface area contributed by atoms with Crippen molar-refractivity contribution in [2.45, 2.75) is 4.90 Å². The molecule has 5 nitrogen and oxygen atoms in total. The maximum atomic E-state index is 11.3. The summed E-state index contributed by atoms with van der Waals surface area (Å²) in [6, 6.07) is 12.3. The average molecular weight is 389 g/mol. The van der Waals surface area contributed by atoms with E-state index in [2.05, 4.69) is 15.9 Å². The van der Waals surface area contributed by atoms with Crippen LogP contribution in [0.25, 0.3) is 11.1 Å². The normalized spacial score (nSPS) is 14.6. The van der Waals surface area contributed by atoms with Gasteiger partial charge >= 0.3 is 0 Å². The minimum absolute atomic E-state index is 0.0663. The topological polar surface area (TPSA) is 96.3 Å². The van der Waals surface area contributed by atoms with E-state index in [4.69, 9.17) is 15.7 Å². The first-order chi connectivity index (χ1) is 11.0. The van der Waals surface area contributed by atoms with Crippen molar-refractivity contribution < 1.29 is 14.6 Å². The van der Waals surface area contributed by atoms with E-state index in [1.54, 1.807) is 12.1 Å². The van der Waals surface area contributed by atoms with E-state index in [1.165, 1.54) is 6.07 Å². The summed E-state index contributed by atoms with van der Waals surface area (Å²) in [7, 11) is 0.